The maximum Gasteiger partial charge on any atom is 0.0698 e. The molecule has 0 spiro atoms. The molecule has 2 heterocycles. The van der Waals surface area contributed by atoms with Gasteiger partial charge in [-0.15, -0.1) is 11.3 Å². The third kappa shape index (κ3) is 2.47. The van der Waals surface area contributed by atoms with Gasteiger partial charge in [-0.05, 0) is 58.7 Å². The van der Waals surface area contributed by atoms with Gasteiger partial charge in [0, 0.05) is 17.8 Å². The van der Waals surface area contributed by atoms with Gasteiger partial charge in [-0.3, -0.25) is 4.68 Å². The van der Waals surface area contributed by atoms with E-state index in [-0.39, 0.29) is 0 Å². The number of fused-ring (bicyclic) bond motifs is 1. The van der Waals surface area contributed by atoms with Crippen molar-refractivity contribution in [1.29, 1.82) is 0 Å². The summed E-state index contributed by atoms with van der Waals surface area (Å²) < 4.78 is 3.10. The lowest BCUT2D eigenvalue weighted by Crippen LogP contribution is -2.30. The number of hydrogen-bond acceptors (Lipinski definition) is 3. The van der Waals surface area contributed by atoms with E-state index in [1.807, 2.05) is 29.3 Å². The van der Waals surface area contributed by atoms with Crippen LogP contribution in [0.4, 0.5) is 0 Å². The fourth-order valence-electron chi connectivity index (χ4n) is 3.29. The maximum absolute atomic E-state index is 4.39. The number of thiophene rings is 1. The van der Waals surface area contributed by atoms with E-state index in [9.17, 15) is 0 Å². The van der Waals surface area contributed by atoms with Crippen LogP contribution in [-0.4, -0.2) is 16.3 Å². The molecule has 1 aliphatic carbocycles. The lowest BCUT2D eigenvalue weighted by atomic mass is 9.81. The summed E-state index contributed by atoms with van der Waals surface area (Å²) in [6.45, 7) is 3.15. The molecule has 0 saturated carbocycles. The Balaban J connectivity index is 2.01. The first-order valence-electron chi connectivity index (χ1n) is 7.19. The summed E-state index contributed by atoms with van der Waals surface area (Å²) in [7, 11) is 2.03. The molecule has 20 heavy (non-hydrogen) atoms. The van der Waals surface area contributed by atoms with Crippen molar-refractivity contribution in [2.75, 3.05) is 6.54 Å². The maximum atomic E-state index is 4.39. The summed E-state index contributed by atoms with van der Waals surface area (Å²) in [6.07, 6.45) is 5.68. The summed E-state index contributed by atoms with van der Waals surface area (Å²) in [6, 6.07) is 2.65. The third-order valence-electron chi connectivity index (χ3n) is 4.16. The Morgan fingerprint density at radius 3 is 3.15 bits per heavy atom. The first-order valence-corrected chi connectivity index (χ1v) is 8.86. The lowest BCUT2D eigenvalue weighted by molar-refractivity contribution is 0.391. The summed E-state index contributed by atoms with van der Waals surface area (Å²) in [4.78, 5) is 1.57. The Hall–Kier alpha value is -0.650. The summed E-state index contributed by atoms with van der Waals surface area (Å²) in [5.74, 6) is 0.552. The highest BCUT2D eigenvalue weighted by Gasteiger charge is 2.32. The third-order valence-corrected chi connectivity index (χ3v) is 5.76. The van der Waals surface area contributed by atoms with Crippen LogP contribution in [0.1, 0.15) is 47.9 Å². The molecule has 0 saturated heterocycles. The summed E-state index contributed by atoms with van der Waals surface area (Å²) in [5, 5.41) is 10.3. The molecule has 0 aliphatic heterocycles. The van der Waals surface area contributed by atoms with Gasteiger partial charge in [0.2, 0.25) is 0 Å². The fraction of sp³-hybridized carbons (Fsp3) is 0.533. The van der Waals surface area contributed by atoms with Gasteiger partial charge >= 0.3 is 0 Å². The molecule has 1 aliphatic rings. The highest BCUT2D eigenvalue weighted by atomic mass is 79.9. The number of aromatic nitrogens is 2. The van der Waals surface area contributed by atoms with E-state index in [0.717, 1.165) is 11.0 Å². The monoisotopic (exact) mass is 353 g/mol. The minimum Gasteiger partial charge on any atom is -0.308 e. The number of halogens is 1. The average molecular weight is 354 g/mol. The van der Waals surface area contributed by atoms with Gasteiger partial charge in [-0.2, -0.15) is 5.10 Å². The predicted octanol–water partition coefficient (Wildman–Crippen LogP) is 4.01. The van der Waals surface area contributed by atoms with E-state index in [1.54, 1.807) is 10.4 Å². The van der Waals surface area contributed by atoms with Crippen molar-refractivity contribution in [2.45, 2.75) is 38.1 Å². The van der Waals surface area contributed by atoms with E-state index in [1.165, 1.54) is 25.0 Å². The number of rotatable bonds is 4. The second-order valence-electron chi connectivity index (χ2n) is 5.33. The molecule has 108 valence electrons. The van der Waals surface area contributed by atoms with Crippen LogP contribution in [0.5, 0.6) is 0 Å². The Kier molecular flexibility index (Phi) is 4.29. The van der Waals surface area contributed by atoms with Gasteiger partial charge < -0.3 is 5.32 Å². The van der Waals surface area contributed by atoms with Gasteiger partial charge in [0.1, 0.15) is 0 Å². The topological polar surface area (TPSA) is 29.9 Å². The van der Waals surface area contributed by atoms with E-state index in [2.05, 4.69) is 44.7 Å². The van der Waals surface area contributed by atoms with E-state index >= 15 is 0 Å². The van der Waals surface area contributed by atoms with Crippen LogP contribution in [-0.2, 0) is 13.5 Å². The van der Waals surface area contributed by atoms with Crippen LogP contribution in [0.15, 0.2) is 22.1 Å². The van der Waals surface area contributed by atoms with Crippen molar-refractivity contribution in [3.8, 4) is 0 Å². The zero-order valence-electron chi connectivity index (χ0n) is 11.9. The molecule has 2 atom stereocenters. The van der Waals surface area contributed by atoms with Gasteiger partial charge in [0.25, 0.3) is 0 Å². The van der Waals surface area contributed by atoms with Crippen molar-refractivity contribution in [1.82, 2.24) is 15.1 Å². The van der Waals surface area contributed by atoms with Crippen LogP contribution < -0.4 is 5.32 Å². The second-order valence-corrected chi connectivity index (χ2v) is 7.19. The number of hydrogen-bond donors (Lipinski definition) is 1. The van der Waals surface area contributed by atoms with Crippen molar-refractivity contribution in [3.05, 3.63) is 38.3 Å². The molecular weight excluding hydrogens is 334 g/mol. The van der Waals surface area contributed by atoms with Crippen molar-refractivity contribution in [2.24, 2.45) is 7.05 Å². The molecule has 0 fully saturated rings. The Morgan fingerprint density at radius 2 is 2.45 bits per heavy atom. The molecule has 3 nitrogen and oxygen atoms in total. The fourth-order valence-corrected chi connectivity index (χ4v) is 4.88. The molecule has 0 radical (unpaired) electrons. The predicted molar refractivity (Wildman–Crippen MR) is 87.3 cm³/mol. The van der Waals surface area contributed by atoms with E-state index < -0.39 is 0 Å². The van der Waals surface area contributed by atoms with E-state index in [4.69, 9.17) is 0 Å². The molecule has 0 bridgehead atoms. The average Bonchev–Trinajstić information content (AvgIpc) is 3.04. The molecule has 2 aromatic heterocycles. The quantitative estimate of drug-likeness (QED) is 0.899. The zero-order valence-corrected chi connectivity index (χ0v) is 14.3. The number of nitrogens with one attached hydrogen (secondary N) is 1. The highest BCUT2D eigenvalue weighted by Crippen LogP contribution is 2.43. The molecule has 0 amide bonds. The molecule has 3 rings (SSSR count). The van der Waals surface area contributed by atoms with Gasteiger partial charge in [0.15, 0.2) is 0 Å². The first-order chi connectivity index (χ1) is 9.72. The smallest absolute Gasteiger partial charge is 0.0698 e. The van der Waals surface area contributed by atoms with Crippen LogP contribution in [0.2, 0.25) is 0 Å². The van der Waals surface area contributed by atoms with Crippen molar-refractivity contribution in [3.63, 3.8) is 0 Å². The normalized spacial score (nSPS) is 19.9. The Bertz CT molecular complexity index is 570. The number of likely N-dealkylation sites (N-methyl/N-ethyl adjacent to an activating group) is 1. The first kappa shape index (κ1) is 14.3. The molecule has 2 aromatic rings. The Labute approximate surface area is 132 Å². The standard InChI is InChI=1S/C15H20BrN3S/c1-3-17-14(15-12(16)9-18-19(15)2)11-5-4-6-13-10(11)7-8-20-13/h7-9,11,14,17H,3-6H2,1-2H3. The minimum atomic E-state index is 0.329. The lowest BCUT2D eigenvalue weighted by Gasteiger charge is -2.31. The molecule has 2 unspecified atom stereocenters. The molecule has 5 heteroatoms. The van der Waals surface area contributed by atoms with Gasteiger partial charge in [-0.25, -0.2) is 0 Å². The number of aryl methyl sites for hydroxylation is 2. The van der Waals surface area contributed by atoms with Gasteiger partial charge in [0.05, 0.1) is 22.4 Å². The number of nitrogens with zero attached hydrogens (tertiary/aromatic N) is 2. The summed E-state index contributed by atoms with van der Waals surface area (Å²) in [5.41, 5.74) is 2.80. The largest absolute Gasteiger partial charge is 0.308 e. The van der Waals surface area contributed by atoms with Gasteiger partial charge in [-0.1, -0.05) is 6.92 Å². The molecule has 0 aromatic carbocycles. The van der Waals surface area contributed by atoms with Crippen LogP contribution in [0, 0.1) is 0 Å². The zero-order chi connectivity index (χ0) is 14.1. The van der Waals surface area contributed by atoms with Crippen LogP contribution in [0.3, 0.4) is 0 Å². The van der Waals surface area contributed by atoms with E-state index in [0.29, 0.717) is 12.0 Å². The minimum absolute atomic E-state index is 0.329. The SMILES string of the molecule is CCNC(c1c(Br)cnn1C)C1CCCc2sccc21. The van der Waals surface area contributed by atoms with Crippen molar-refractivity contribution < 1.29 is 0 Å². The van der Waals surface area contributed by atoms with Crippen LogP contribution in [0.25, 0.3) is 0 Å². The summed E-state index contributed by atoms with van der Waals surface area (Å²) >= 11 is 5.57. The Morgan fingerprint density at radius 1 is 1.60 bits per heavy atom. The van der Waals surface area contributed by atoms with Crippen molar-refractivity contribution >= 4 is 27.3 Å². The molecule has 1 N–H and O–H groups in total. The second kappa shape index (κ2) is 6.00. The highest BCUT2D eigenvalue weighted by molar-refractivity contribution is 9.10. The van der Waals surface area contributed by atoms with Crippen LogP contribution >= 0.6 is 27.3 Å². The molecular formula is C15H20BrN3S.